The van der Waals surface area contributed by atoms with Gasteiger partial charge in [0.05, 0.1) is 11.9 Å². The van der Waals surface area contributed by atoms with Gasteiger partial charge in [-0.2, -0.15) is 10.2 Å². The molecule has 50 valence electrons. The van der Waals surface area contributed by atoms with Crippen LogP contribution in [-0.4, -0.2) is 10.2 Å². The maximum Gasteiger partial charge on any atom is 0.0741 e. The highest BCUT2D eigenvalue weighted by Gasteiger charge is 1.89. The van der Waals surface area contributed by atoms with Gasteiger partial charge in [0.15, 0.2) is 0 Å². The highest BCUT2D eigenvalue weighted by molar-refractivity contribution is 9.10. The van der Waals surface area contributed by atoms with Crippen LogP contribution in [0.5, 0.6) is 0 Å². The molecule has 0 fully saturated rings. The topological polar surface area (TPSA) is 25.8 Å². The van der Waals surface area contributed by atoms with E-state index in [1.807, 2.05) is 13.0 Å². The Bertz CT molecular complexity index is 169. The van der Waals surface area contributed by atoms with E-state index in [0.29, 0.717) is 0 Å². The molecular weight excluding hydrogens is 248 g/mol. The summed E-state index contributed by atoms with van der Waals surface area (Å²) in [4.78, 5) is 0. The minimum atomic E-state index is 0. The maximum absolute atomic E-state index is 3.78. The predicted molar refractivity (Wildman–Crippen MR) is 44.8 cm³/mol. The Morgan fingerprint density at radius 3 is 2.56 bits per heavy atom. The lowest BCUT2D eigenvalue weighted by Crippen LogP contribution is -1.83. The number of aryl methyl sites for hydroxylation is 1. The van der Waals surface area contributed by atoms with Gasteiger partial charge in [-0.15, -0.1) is 17.0 Å². The van der Waals surface area contributed by atoms with Gasteiger partial charge in [0.1, 0.15) is 0 Å². The standard InChI is InChI=1S/C5H5BrN2.BrH/c1-4-5(6)2-3-7-8-4;/h2-3H,1H3;1H. The molecule has 1 aromatic rings. The van der Waals surface area contributed by atoms with Crippen LogP contribution in [0.25, 0.3) is 0 Å². The fraction of sp³-hybridized carbons (Fsp3) is 0.200. The fourth-order valence-corrected chi connectivity index (χ4v) is 0.585. The van der Waals surface area contributed by atoms with E-state index < -0.39 is 0 Å². The molecule has 9 heavy (non-hydrogen) atoms. The van der Waals surface area contributed by atoms with Crippen LogP contribution in [0.4, 0.5) is 0 Å². The summed E-state index contributed by atoms with van der Waals surface area (Å²) in [7, 11) is 0. The lowest BCUT2D eigenvalue weighted by Gasteiger charge is -1.89. The van der Waals surface area contributed by atoms with E-state index in [2.05, 4.69) is 26.1 Å². The summed E-state index contributed by atoms with van der Waals surface area (Å²) in [5.74, 6) is 0. The van der Waals surface area contributed by atoms with Gasteiger partial charge in [-0.25, -0.2) is 0 Å². The fourth-order valence-electron chi connectivity index (χ4n) is 0.387. The normalized spacial score (nSPS) is 8.22. The smallest absolute Gasteiger partial charge is 0.0741 e. The molecule has 0 saturated carbocycles. The van der Waals surface area contributed by atoms with Crippen molar-refractivity contribution >= 4 is 32.9 Å². The molecule has 0 atom stereocenters. The van der Waals surface area contributed by atoms with Crippen molar-refractivity contribution < 1.29 is 0 Å². The Balaban J connectivity index is 0.000000640. The van der Waals surface area contributed by atoms with Gasteiger partial charge in [0, 0.05) is 4.47 Å². The Kier molecular flexibility index (Phi) is 3.97. The van der Waals surface area contributed by atoms with E-state index in [4.69, 9.17) is 0 Å². The third-order valence-corrected chi connectivity index (χ3v) is 1.68. The van der Waals surface area contributed by atoms with Crippen molar-refractivity contribution in [3.63, 3.8) is 0 Å². The molecule has 0 bridgehead atoms. The Hall–Kier alpha value is 0.0400. The maximum atomic E-state index is 3.78. The number of nitrogens with zero attached hydrogens (tertiary/aromatic N) is 2. The van der Waals surface area contributed by atoms with Crippen LogP contribution in [-0.2, 0) is 0 Å². The molecule has 1 heterocycles. The van der Waals surface area contributed by atoms with E-state index in [9.17, 15) is 0 Å². The minimum absolute atomic E-state index is 0. The summed E-state index contributed by atoms with van der Waals surface area (Å²) in [5.41, 5.74) is 0.924. The zero-order valence-corrected chi connectivity index (χ0v) is 8.13. The van der Waals surface area contributed by atoms with Gasteiger partial charge in [-0.1, -0.05) is 0 Å². The van der Waals surface area contributed by atoms with Gasteiger partial charge in [0.2, 0.25) is 0 Å². The lowest BCUT2D eigenvalue weighted by atomic mass is 10.4. The molecule has 0 aliphatic carbocycles. The van der Waals surface area contributed by atoms with Crippen LogP contribution in [0.2, 0.25) is 0 Å². The molecule has 0 N–H and O–H groups in total. The van der Waals surface area contributed by atoms with Crippen molar-refractivity contribution in [2.75, 3.05) is 0 Å². The molecule has 0 aliphatic rings. The Labute approximate surface area is 72.6 Å². The molecule has 0 aromatic carbocycles. The van der Waals surface area contributed by atoms with Crippen molar-refractivity contribution in [1.29, 1.82) is 0 Å². The van der Waals surface area contributed by atoms with Crippen LogP contribution >= 0.6 is 32.9 Å². The molecule has 0 spiro atoms. The predicted octanol–water partition coefficient (Wildman–Crippen LogP) is 2.13. The SMILES string of the molecule is Br.Cc1nnccc1Br. The molecule has 0 unspecified atom stereocenters. The van der Waals surface area contributed by atoms with Crippen molar-refractivity contribution in [2.45, 2.75) is 6.92 Å². The van der Waals surface area contributed by atoms with Crippen LogP contribution in [0.1, 0.15) is 5.69 Å². The van der Waals surface area contributed by atoms with Crippen LogP contribution in [0.15, 0.2) is 16.7 Å². The third-order valence-electron chi connectivity index (χ3n) is 0.841. The third kappa shape index (κ3) is 2.41. The lowest BCUT2D eigenvalue weighted by molar-refractivity contribution is 0.971. The van der Waals surface area contributed by atoms with E-state index >= 15 is 0 Å². The number of hydrogen-bond donors (Lipinski definition) is 0. The number of hydrogen-bond acceptors (Lipinski definition) is 2. The van der Waals surface area contributed by atoms with Gasteiger partial charge < -0.3 is 0 Å². The van der Waals surface area contributed by atoms with Gasteiger partial charge in [-0.3, -0.25) is 0 Å². The first-order chi connectivity index (χ1) is 3.80. The summed E-state index contributed by atoms with van der Waals surface area (Å²) in [6, 6.07) is 1.86. The summed E-state index contributed by atoms with van der Waals surface area (Å²) in [6.45, 7) is 1.90. The van der Waals surface area contributed by atoms with Crippen molar-refractivity contribution in [3.05, 3.63) is 22.4 Å². The van der Waals surface area contributed by atoms with E-state index in [1.54, 1.807) is 6.20 Å². The second-order valence-electron chi connectivity index (χ2n) is 1.46. The van der Waals surface area contributed by atoms with Gasteiger partial charge in [0.25, 0.3) is 0 Å². The van der Waals surface area contributed by atoms with E-state index in [-0.39, 0.29) is 17.0 Å². The van der Waals surface area contributed by atoms with Crippen LogP contribution in [0.3, 0.4) is 0 Å². The van der Waals surface area contributed by atoms with E-state index in [0.717, 1.165) is 10.2 Å². The molecule has 0 radical (unpaired) electrons. The largest absolute Gasteiger partial charge is 0.159 e. The molecule has 0 amide bonds. The van der Waals surface area contributed by atoms with Gasteiger partial charge in [-0.05, 0) is 28.9 Å². The molecule has 0 saturated heterocycles. The molecule has 0 aliphatic heterocycles. The zero-order chi connectivity index (χ0) is 5.98. The van der Waals surface area contributed by atoms with Crippen LogP contribution < -0.4 is 0 Å². The summed E-state index contributed by atoms with van der Waals surface area (Å²) in [6.07, 6.45) is 1.65. The zero-order valence-electron chi connectivity index (χ0n) is 4.84. The minimum Gasteiger partial charge on any atom is -0.159 e. The molecule has 4 heteroatoms. The van der Waals surface area contributed by atoms with Crippen molar-refractivity contribution in [2.24, 2.45) is 0 Å². The summed E-state index contributed by atoms with van der Waals surface area (Å²) >= 11 is 3.29. The first-order valence-corrected chi connectivity index (χ1v) is 3.04. The van der Waals surface area contributed by atoms with Crippen molar-refractivity contribution in [1.82, 2.24) is 10.2 Å². The second kappa shape index (κ2) is 3.95. The average molecular weight is 254 g/mol. The first-order valence-electron chi connectivity index (χ1n) is 2.24. The number of aromatic nitrogens is 2. The van der Waals surface area contributed by atoms with Gasteiger partial charge >= 0.3 is 0 Å². The average Bonchev–Trinajstić information content (AvgIpc) is 1.77. The number of rotatable bonds is 0. The first kappa shape index (κ1) is 9.04. The Morgan fingerprint density at radius 2 is 2.22 bits per heavy atom. The van der Waals surface area contributed by atoms with E-state index in [1.165, 1.54) is 0 Å². The quantitative estimate of drug-likeness (QED) is 0.708. The second-order valence-corrected chi connectivity index (χ2v) is 2.32. The molecule has 1 rings (SSSR count). The highest BCUT2D eigenvalue weighted by Crippen LogP contribution is 2.09. The number of halogens is 2. The highest BCUT2D eigenvalue weighted by atomic mass is 79.9. The van der Waals surface area contributed by atoms with Crippen LogP contribution in [0, 0.1) is 6.92 Å². The molecule has 1 aromatic heterocycles. The molecular formula is C5H6Br2N2. The Morgan fingerprint density at radius 1 is 1.56 bits per heavy atom. The molecule has 2 nitrogen and oxygen atoms in total. The summed E-state index contributed by atoms with van der Waals surface area (Å²) < 4.78 is 1.01. The monoisotopic (exact) mass is 252 g/mol. The summed E-state index contributed by atoms with van der Waals surface area (Å²) in [5, 5.41) is 7.45. The van der Waals surface area contributed by atoms with Crippen molar-refractivity contribution in [3.8, 4) is 0 Å².